The van der Waals surface area contributed by atoms with Crippen LogP contribution in [0.2, 0.25) is 0 Å². The number of urea groups is 1. The van der Waals surface area contributed by atoms with Crippen LogP contribution in [0.3, 0.4) is 0 Å². The molecule has 1 rings (SSSR count). The number of likely N-dealkylation sites (tertiary alicyclic amines) is 1. The van der Waals surface area contributed by atoms with Gasteiger partial charge in [-0.25, -0.2) is 9.59 Å². The summed E-state index contributed by atoms with van der Waals surface area (Å²) in [6.45, 7) is 1.48. The third-order valence-electron chi connectivity index (χ3n) is 3.08. The SMILES string of the molecule is CNCC1CCCN(C(=O)NC(CO)C(=O)O)C1. The molecule has 0 aliphatic carbocycles. The number of carbonyl (C=O) groups is 2. The lowest BCUT2D eigenvalue weighted by atomic mass is 9.98. The quantitative estimate of drug-likeness (QED) is 0.511. The lowest BCUT2D eigenvalue weighted by Gasteiger charge is -2.33. The van der Waals surface area contributed by atoms with E-state index in [-0.39, 0.29) is 0 Å². The van der Waals surface area contributed by atoms with Crippen LogP contribution in [0.15, 0.2) is 0 Å². The van der Waals surface area contributed by atoms with Crippen molar-refractivity contribution in [2.24, 2.45) is 5.92 Å². The summed E-state index contributed by atoms with van der Waals surface area (Å²) < 4.78 is 0. The van der Waals surface area contributed by atoms with Gasteiger partial charge in [0, 0.05) is 13.1 Å². The van der Waals surface area contributed by atoms with E-state index < -0.39 is 24.6 Å². The Hall–Kier alpha value is -1.34. The predicted octanol–water partition coefficient (Wildman–Crippen LogP) is -0.927. The van der Waals surface area contributed by atoms with Crippen molar-refractivity contribution in [3.05, 3.63) is 0 Å². The minimum absolute atomic E-state index is 0.395. The van der Waals surface area contributed by atoms with Crippen molar-refractivity contribution in [3.8, 4) is 0 Å². The number of aliphatic hydroxyl groups excluding tert-OH is 1. The van der Waals surface area contributed by atoms with E-state index in [0.29, 0.717) is 19.0 Å². The Kier molecular flexibility index (Phi) is 5.87. The van der Waals surface area contributed by atoms with Gasteiger partial charge < -0.3 is 25.7 Å². The minimum Gasteiger partial charge on any atom is -0.480 e. The first kappa shape index (κ1) is 14.7. The van der Waals surface area contributed by atoms with Gasteiger partial charge in [-0.15, -0.1) is 0 Å². The Morgan fingerprint density at radius 2 is 2.22 bits per heavy atom. The van der Waals surface area contributed by atoms with Crippen LogP contribution >= 0.6 is 0 Å². The molecule has 0 bridgehead atoms. The highest BCUT2D eigenvalue weighted by atomic mass is 16.4. The Labute approximate surface area is 106 Å². The molecule has 18 heavy (non-hydrogen) atoms. The van der Waals surface area contributed by atoms with Crippen molar-refractivity contribution in [1.29, 1.82) is 0 Å². The van der Waals surface area contributed by atoms with Crippen molar-refractivity contribution >= 4 is 12.0 Å². The number of aliphatic carboxylic acids is 1. The molecule has 0 aromatic carbocycles. The van der Waals surface area contributed by atoms with Crippen LogP contribution < -0.4 is 10.6 Å². The molecule has 2 amide bonds. The molecule has 2 atom stereocenters. The van der Waals surface area contributed by atoms with E-state index in [1.54, 1.807) is 4.90 Å². The van der Waals surface area contributed by atoms with Crippen molar-refractivity contribution in [2.75, 3.05) is 33.3 Å². The second kappa shape index (κ2) is 7.17. The van der Waals surface area contributed by atoms with Crippen LogP contribution in [0.5, 0.6) is 0 Å². The first-order valence-electron chi connectivity index (χ1n) is 6.12. The van der Waals surface area contributed by atoms with Crippen LogP contribution in [-0.2, 0) is 4.79 Å². The van der Waals surface area contributed by atoms with Gasteiger partial charge in [0.2, 0.25) is 0 Å². The molecule has 4 N–H and O–H groups in total. The summed E-state index contributed by atoms with van der Waals surface area (Å²) >= 11 is 0. The van der Waals surface area contributed by atoms with E-state index in [1.165, 1.54) is 0 Å². The van der Waals surface area contributed by atoms with E-state index in [0.717, 1.165) is 19.4 Å². The smallest absolute Gasteiger partial charge is 0.328 e. The fourth-order valence-electron chi connectivity index (χ4n) is 2.13. The molecule has 1 fully saturated rings. The third-order valence-corrected chi connectivity index (χ3v) is 3.08. The van der Waals surface area contributed by atoms with E-state index in [2.05, 4.69) is 10.6 Å². The molecule has 1 saturated heterocycles. The number of carboxylic acid groups (broad SMARTS) is 1. The molecule has 0 saturated carbocycles. The average molecular weight is 259 g/mol. The van der Waals surface area contributed by atoms with Gasteiger partial charge >= 0.3 is 12.0 Å². The number of carbonyl (C=O) groups excluding carboxylic acids is 1. The normalized spacial score (nSPS) is 21.4. The van der Waals surface area contributed by atoms with Crippen LogP contribution in [0.25, 0.3) is 0 Å². The van der Waals surface area contributed by atoms with E-state index in [4.69, 9.17) is 10.2 Å². The number of nitrogens with zero attached hydrogens (tertiary/aromatic N) is 1. The molecular weight excluding hydrogens is 238 g/mol. The van der Waals surface area contributed by atoms with Crippen molar-refractivity contribution < 1.29 is 19.8 Å². The fraction of sp³-hybridized carbons (Fsp3) is 0.818. The summed E-state index contributed by atoms with van der Waals surface area (Å²) in [7, 11) is 1.87. The number of piperidine rings is 1. The molecule has 1 aliphatic heterocycles. The maximum absolute atomic E-state index is 11.8. The fourth-order valence-corrected chi connectivity index (χ4v) is 2.13. The van der Waals surface area contributed by atoms with Gasteiger partial charge in [-0.3, -0.25) is 0 Å². The Bertz CT molecular complexity index is 296. The van der Waals surface area contributed by atoms with E-state index in [1.807, 2.05) is 7.05 Å². The summed E-state index contributed by atoms with van der Waals surface area (Å²) in [4.78, 5) is 24.2. The van der Waals surface area contributed by atoms with Crippen molar-refractivity contribution in [1.82, 2.24) is 15.5 Å². The zero-order chi connectivity index (χ0) is 13.5. The minimum atomic E-state index is -1.23. The molecule has 2 unspecified atom stereocenters. The largest absolute Gasteiger partial charge is 0.480 e. The number of hydrogen-bond donors (Lipinski definition) is 4. The number of nitrogens with one attached hydrogen (secondary N) is 2. The molecule has 7 heteroatoms. The molecule has 7 nitrogen and oxygen atoms in total. The van der Waals surface area contributed by atoms with Gasteiger partial charge in [-0.1, -0.05) is 0 Å². The van der Waals surface area contributed by atoms with Crippen LogP contribution in [0.1, 0.15) is 12.8 Å². The number of amides is 2. The highest BCUT2D eigenvalue weighted by Gasteiger charge is 2.26. The average Bonchev–Trinajstić information content (AvgIpc) is 2.36. The number of carboxylic acids is 1. The van der Waals surface area contributed by atoms with Crippen molar-refractivity contribution in [3.63, 3.8) is 0 Å². The summed E-state index contributed by atoms with van der Waals surface area (Å²) in [5, 5.41) is 23.0. The lowest BCUT2D eigenvalue weighted by molar-refractivity contribution is -0.140. The molecule has 0 aromatic rings. The van der Waals surface area contributed by atoms with Gasteiger partial charge in [-0.2, -0.15) is 0 Å². The van der Waals surface area contributed by atoms with Crippen molar-refractivity contribution in [2.45, 2.75) is 18.9 Å². The number of rotatable bonds is 5. The van der Waals surface area contributed by atoms with Crippen LogP contribution in [0.4, 0.5) is 4.79 Å². The maximum atomic E-state index is 11.8. The maximum Gasteiger partial charge on any atom is 0.328 e. The standard InChI is InChI=1S/C11H21N3O4/c1-12-5-8-3-2-4-14(6-8)11(18)13-9(7-15)10(16)17/h8-9,12,15H,2-7H2,1H3,(H,13,18)(H,16,17). The Morgan fingerprint density at radius 3 is 2.78 bits per heavy atom. The monoisotopic (exact) mass is 259 g/mol. The van der Waals surface area contributed by atoms with Gasteiger partial charge in [0.1, 0.15) is 0 Å². The van der Waals surface area contributed by atoms with Gasteiger partial charge in [0.25, 0.3) is 0 Å². The van der Waals surface area contributed by atoms with Crippen LogP contribution in [-0.4, -0.2) is 66.4 Å². The molecule has 0 radical (unpaired) electrons. The predicted molar refractivity (Wildman–Crippen MR) is 65.3 cm³/mol. The highest BCUT2D eigenvalue weighted by Crippen LogP contribution is 2.15. The topological polar surface area (TPSA) is 102 Å². The summed E-state index contributed by atoms with van der Waals surface area (Å²) in [6, 6.07) is -1.65. The molecule has 104 valence electrons. The van der Waals surface area contributed by atoms with E-state index in [9.17, 15) is 9.59 Å². The summed E-state index contributed by atoms with van der Waals surface area (Å²) in [6.07, 6.45) is 1.98. The molecule has 1 heterocycles. The summed E-state index contributed by atoms with van der Waals surface area (Å²) in [5.41, 5.74) is 0. The second-order valence-corrected chi connectivity index (χ2v) is 4.53. The lowest BCUT2D eigenvalue weighted by Crippen LogP contribution is -2.52. The second-order valence-electron chi connectivity index (χ2n) is 4.53. The molecule has 0 spiro atoms. The number of aliphatic hydroxyl groups is 1. The first-order chi connectivity index (χ1) is 8.58. The zero-order valence-electron chi connectivity index (χ0n) is 10.6. The van der Waals surface area contributed by atoms with Gasteiger partial charge in [-0.05, 0) is 32.4 Å². The molecule has 0 aromatic heterocycles. The Balaban J connectivity index is 2.47. The third kappa shape index (κ3) is 4.15. The van der Waals surface area contributed by atoms with E-state index >= 15 is 0 Å². The van der Waals surface area contributed by atoms with Crippen LogP contribution in [0, 0.1) is 5.92 Å². The van der Waals surface area contributed by atoms with Gasteiger partial charge in [0.05, 0.1) is 6.61 Å². The molecule has 1 aliphatic rings. The zero-order valence-corrected chi connectivity index (χ0v) is 10.6. The van der Waals surface area contributed by atoms with Gasteiger partial charge in [0.15, 0.2) is 6.04 Å². The summed E-state index contributed by atoms with van der Waals surface area (Å²) in [5.74, 6) is -0.832. The molecular formula is C11H21N3O4. The number of hydrogen-bond acceptors (Lipinski definition) is 4. The highest BCUT2D eigenvalue weighted by molar-refractivity contribution is 5.82. The Morgan fingerprint density at radius 1 is 1.50 bits per heavy atom. The first-order valence-corrected chi connectivity index (χ1v) is 6.12.